The van der Waals surface area contributed by atoms with Gasteiger partial charge in [0.15, 0.2) is 5.65 Å². The van der Waals surface area contributed by atoms with Gasteiger partial charge in [0.05, 0.1) is 5.69 Å². The average molecular weight is 366 g/mol. The summed E-state index contributed by atoms with van der Waals surface area (Å²) in [6.45, 7) is 7.12. The molecular weight excluding hydrogens is 340 g/mol. The Labute approximate surface area is 159 Å². The lowest BCUT2D eigenvalue weighted by Crippen LogP contribution is -2.22. The molecule has 0 aliphatic heterocycles. The number of rotatable bonds is 5. The summed E-state index contributed by atoms with van der Waals surface area (Å²) in [6.07, 6.45) is 1.60. The van der Waals surface area contributed by atoms with Crippen molar-refractivity contribution in [1.82, 2.24) is 14.3 Å². The normalized spacial score (nSPS) is 10.9. The van der Waals surface area contributed by atoms with Crippen LogP contribution in [0.4, 0.5) is 10.5 Å². The largest absolute Gasteiger partial charge is 0.443 e. The van der Waals surface area contributed by atoms with Crippen molar-refractivity contribution in [3.63, 3.8) is 0 Å². The summed E-state index contributed by atoms with van der Waals surface area (Å²) in [7, 11) is 3.32. The van der Waals surface area contributed by atoms with Gasteiger partial charge in [0, 0.05) is 32.5 Å². The molecule has 0 atom stereocenters. The minimum absolute atomic E-state index is 0.154. The van der Waals surface area contributed by atoms with Gasteiger partial charge in [-0.15, -0.1) is 0 Å². The Balaban J connectivity index is 1.84. The fourth-order valence-corrected chi connectivity index (χ4v) is 3.08. The summed E-state index contributed by atoms with van der Waals surface area (Å²) in [6, 6.07) is 10.3. The number of anilines is 1. The highest BCUT2D eigenvalue weighted by atomic mass is 16.6. The summed E-state index contributed by atoms with van der Waals surface area (Å²) in [5.41, 5.74) is 7.34. The van der Waals surface area contributed by atoms with Crippen LogP contribution in [0.15, 0.2) is 36.5 Å². The van der Waals surface area contributed by atoms with Gasteiger partial charge in [0.25, 0.3) is 0 Å². The molecule has 0 spiro atoms. The summed E-state index contributed by atoms with van der Waals surface area (Å²) in [4.78, 5) is 17.8. The van der Waals surface area contributed by atoms with E-state index in [1.54, 1.807) is 14.1 Å². The van der Waals surface area contributed by atoms with Gasteiger partial charge < -0.3 is 19.4 Å². The summed E-state index contributed by atoms with van der Waals surface area (Å²) in [5.74, 6) is 0. The highest BCUT2D eigenvalue weighted by Crippen LogP contribution is 2.22. The molecule has 0 saturated heterocycles. The molecule has 0 fully saturated rings. The SMILES string of the molecule is Cc1cccc(C)c1CNc1cccn2c(C)c(COC(=O)N(C)C)nc12. The molecule has 6 heteroatoms. The molecule has 3 rings (SSSR count). The van der Waals surface area contributed by atoms with Crippen LogP contribution in [0.5, 0.6) is 0 Å². The molecule has 0 aliphatic rings. The van der Waals surface area contributed by atoms with Crippen molar-refractivity contribution in [1.29, 1.82) is 0 Å². The van der Waals surface area contributed by atoms with Gasteiger partial charge in [-0.2, -0.15) is 0 Å². The Kier molecular flexibility index (Phi) is 5.35. The van der Waals surface area contributed by atoms with E-state index < -0.39 is 0 Å². The lowest BCUT2D eigenvalue weighted by Gasteiger charge is -2.12. The number of pyridine rings is 1. The third-order valence-corrected chi connectivity index (χ3v) is 4.78. The lowest BCUT2D eigenvalue weighted by molar-refractivity contribution is 0.111. The Morgan fingerprint density at radius 2 is 1.85 bits per heavy atom. The number of nitrogens with one attached hydrogen (secondary N) is 1. The Hall–Kier alpha value is -3.02. The molecule has 0 unspecified atom stereocenters. The van der Waals surface area contributed by atoms with Crippen LogP contribution in [0.2, 0.25) is 0 Å². The van der Waals surface area contributed by atoms with E-state index >= 15 is 0 Å². The predicted molar refractivity (Wildman–Crippen MR) is 107 cm³/mol. The molecule has 0 saturated carbocycles. The minimum Gasteiger partial charge on any atom is -0.443 e. The van der Waals surface area contributed by atoms with Crippen LogP contribution >= 0.6 is 0 Å². The van der Waals surface area contributed by atoms with Gasteiger partial charge in [-0.05, 0) is 49.6 Å². The van der Waals surface area contributed by atoms with E-state index in [-0.39, 0.29) is 12.7 Å². The summed E-state index contributed by atoms with van der Waals surface area (Å²) >= 11 is 0. The fourth-order valence-electron chi connectivity index (χ4n) is 3.08. The van der Waals surface area contributed by atoms with Crippen LogP contribution in [0, 0.1) is 20.8 Å². The Morgan fingerprint density at radius 3 is 2.52 bits per heavy atom. The summed E-state index contributed by atoms with van der Waals surface area (Å²) < 4.78 is 7.31. The lowest BCUT2D eigenvalue weighted by atomic mass is 10.0. The number of amides is 1. The quantitative estimate of drug-likeness (QED) is 0.739. The zero-order valence-corrected chi connectivity index (χ0v) is 16.5. The molecule has 2 aromatic heterocycles. The number of ether oxygens (including phenoxy) is 1. The van der Waals surface area contributed by atoms with E-state index in [9.17, 15) is 4.79 Å². The van der Waals surface area contributed by atoms with E-state index in [0.717, 1.165) is 29.3 Å². The molecule has 142 valence electrons. The number of fused-ring (bicyclic) bond motifs is 1. The van der Waals surface area contributed by atoms with Crippen molar-refractivity contribution in [2.45, 2.75) is 33.9 Å². The van der Waals surface area contributed by atoms with E-state index in [1.165, 1.54) is 21.6 Å². The number of benzene rings is 1. The average Bonchev–Trinajstić information content (AvgIpc) is 2.96. The molecule has 1 N–H and O–H groups in total. The molecule has 0 aliphatic carbocycles. The monoisotopic (exact) mass is 366 g/mol. The summed E-state index contributed by atoms with van der Waals surface area (Å²) in [5, 5.41) is 3.51. The number of imidazole rings is 1. The van der Waals surface area contributed by atoms with Crippen LogP contribution in [-0.2, 0) is 17.9 Å². The molecule has 27 heavy (non-hydrogen) atoms. The highest BCUT2D eigenvalue weighted by Gasteiger charge is 2.14. The first-order chi connectivity index (χ1) is 12.9. The zero-order valence-electron chi connectivity index (χ0n) is 16.5. The second-order valence-electron chi connectivity index (χ2n) is 6.93. The second-order valence-corrected chi connectivity index (χ2v) is 6.93. The maximum Gasteiger partial charge on any atom is 0.409 e. The molecule has 2 heterocycles. The molecule has 3 aromatic rings. The maximum atomic E-state index is 11.7. The number of carbonyl (C=O) groups excluding carboxylic acids is 1. The van der Waals surface area contributed by atoms with Crippen molar-refractivity contribution in [2.75, 3.05) is 19.4 Å². The molecule has 1 aromatic carbocycles. The van der Waals surface area contributed by atoms with E-state index in [1.807, 2.05) is 29.7 Å². The van der Waals surface area contributed by atoms with Gasteiger partial charge in [0.2, 0.25) is 0 Å². The zero-order chi connectivity index (χ0) is 19.6. The van der Waals surface area contributed by atoms with Crippen molar-refractivity contribution in [2.24, 2.45) is 0 Å². The third-order valence-electron chi connectivity index (χ3n) is 4.78. The molecule has 0 radical (unpaired) electrons. The van der Waals surface area contributed by atoms with E-state index in [2.05, 4.69) is 37.4 Å². The van der Waals surface area contributed by atoms with E-state index in [4.69, 9.17) is 9.72 Å². The molecular formula is C21H26N4O2. The number of aryl methyl sites for hydroxylation is 3. The van der Waals surface area contributed by atoms with Crippen molar-refractivity contribution < 1.29 is 9.53 Å². The van der Waals surface area contributed by atoms with Gasteiger partial charge in [-0.1, -0.05) is 18.2 Å². The Morgan fingerprint density at radius 1 is 1.15 bits per heavy atom. The maximum absolute atomic E-state index is 11.7. The van der Waals surface area contributed by atoms with Crippen LogP contribution in [0.1, 0.15) is 28.1 Å². The number of hydrogen-bond acceptors (Lipinski definition) is 4. The van der Waals surface area contributed by atoms with Crippen LogP contribution in [0.25, 0.3) is 5.65 Å². The minimum atomic E-state index is -0.375. The van der Waals surface area contributed by atoms with Gasteiger partial charge in [0.1, 0.15) is 12.3 Å². The third kappa shape index (κ3) is 3.89. The number of nitrogens with zero attached hydrogens (tertiary/aromatic N) is 3. The van der Waals surface area contributed by atoms with Crippen molar-refractivity contribution >= 4 is 17.4 Å². The number of aromatic nitrogens is 2. The second kappa shape index (κ2) is 7.70. The van der Waals surface area contributed by atoms with Gasteiger partial charge >= 0.3 is 6.09 Å². The van der Waals surface area contributed by atoms with E-state index in [0.29, 0.717) is 0 Å². The predicted octanol–water partition coefficient (Wildman–Crippen LogP) is 4.07. The van der Waals surface area contributed by atoms with Crippen molar-refractivity contribution in [3.05, 3.63) is 64.6 Å². The topological polar surface area (TPSA) is 58.9 Å². The standard InChI is InChI=1S/C21H26N4O2/c1-14-8-6-9-15(2)17(14)12-22-18-10-7-11-25-16(3)19(23-20(18)25)13-27-21(26)24(4)5/h6-11,22H,12-13H2,1-5H3. The van der Waals surface area contributed by atoms with Crippen LogP contribution in [-0.4, -0.2) is 34.5 Å². The molecule has 0 bridgehead atoms. The smallest absolute Gasteiger partial charge is 0.409 e. The first-order valence-corrected chi connectivity index (χ1v) is 8.98. The first kappa shape index (κ1) is 18.8. The van der Waals surface area contributed by atoms with Gasteiger partial charge in [-0.3, -0.25) is 0 Å². The first-order valence-electron chi connectivity index (χ1n) is 8.98. The Bertz CT molecular complexity index is 955. The van der Waals surface area contributed by atoms with Gasteiger partial charge in [-0.25, -0.2) is 9.78 Å². The fraction of sp³-hybridized carbons (Fsp3) is 0.333. The van der Waals surface area contributed by atoms with Crippen LogP contribution in [0.3, 0.4) is 0 Å². The van der Waals surface area contributed by atoms with Crippen molar-refractivity contribution in [3.8, 4) is 0 Å². The molecule has 1 amide bonds. The van der Waals surface area contributed by atoms with Crippen LogP contribution < -0.4 is 5.32 Å². The number of carbonyl (C=O) groups is 1. The number of hydrogen-bond donors (Lipinski definition) is 1. The molecule has 6 nitrogen and oxygen atoms in total. The highest BCUT2D eigenvalue weighted by molar-refractivity contribution is 5.69.